The van der Waals surface area contributed by atoms with Gasteiger partial charge in [0, 0.05) is 5.41 Å². The molecule has 5 heteroatoms. The highest BCUT2D eigenvalue weighted by Gasteiger charge is 2.68. The van der Waals surface area contributed by atoms with Crippen molar-refractivity contribution in [2.75, 3.05) is 6.61 Å². The molecule has 2 N–H and O–H groups in total. The molecule has 0 saturated heterocycles. The first-order valence-electron chi connectivity index (χ1n) is 13.4. The number of carbonyl (C=O) groups excluding carboxylic acids is 2. The summed E-state index contributed by atoms with van der Waals surface area (Å²) in [5.74, 6) is 3.21. The van der Waals surface area contributed by atoms with E-state index in [0.717, 1.165) is 30.9 Å². The molecule has 0 heterocycles. The molecule has 0 aromatic rings. The van der Waals surface area contributed by atoms with Crippen LogP contribution in [-0.4, -0.2) is 18.5 Å². The van der Waals surface area contributed by atoms with Gasteiger partial charge in [0.25, 0.3) is 0 Å². The molecule has 5 rings (SSSR count). The molecule has 0 radical (unpaired) electrons. The van der Waals surface area contributed by atoms with Crippen LogP contribution >= 0.6 is 0 Å². The van der Waals surface area contributed by atoms with Crippen molar-refractivity contribution < 1.29 is 14.3 Å². The first-order chi connectivity index (χ1) is 15.8. The largest absolute Gasteiger partial charge is 0.449 e. The van der Waals surface area contributed by atoms with Crippen LogP contribution < -0.4 is 10.9 Å². The van der Waals surface area contributed by atoms with Crippen LogP contribution in [0.4, 0.5) is 4.79 Å². The van der Waals surface area contributed by atoms with Gasteiger partial charge in [-0.05, 0) is 106 Å². The minimum Gasteiger partial charge on any atom is -0.449 e. The first-order valence-corrected chi connectivity index (χ1v) is 13.4. The monoisotopic (exact) mass is 454 g/mol. The Bertz CT molecular complexity index is 894. The summed E-state index contributed by atoms with van der Waals surface area (Å²) in [4.78, 5) is 24.9. The van der Waals surface area contributed by atoms with Gasteiger partial charge >= 0.3 is 6.09 Å². The average Bonchev–Trinajstić information content (AvgIpc) is 3.08. The van der Waals surface area contributed by atoms with Gasteiger partial charge < -0.3 is 4.74 Å². The third-order valence-corrected chi connectivity index (χ3v) is 11.0. The summed E-state index contributed by atoms with van der Waals surface area (Å²) in [7, 11) is 0. The molecule has 5 aliphatic rings. The van der Waals surface area contributed by atoms with Crippen LogP contribution in [0.2, 0.25) is 0 Å². The predicted octanol–water partition coefficient (Wildman–Crippen LogP) is 6.07. The fourth-order valence-electron chi connectivity index (χ4n) is 9.59. The van der Waals surface area contributed by atoms with Gasteiger partial charge in [-0.2, -0.15) is 0 Å². The Hall–Kier alpha value is -1.78. The number of amides is 1. The number of allylic oxidation sites excluding steroid dienone is 3. The lowest BCUT2D eigenvalue weighted by molar-refractivity contribution is -0.147. The summed E-state index contributed by atoms with van der Waals surface area (Å²) in [6.45, 7) is 9.07. The number of carbonyl (C=O) groups is 2. The van der Waals surface area contributed by atoms with E-state index in [2.05, 4.69) is 36.9 Å². The van der Waals surface area contributed by atoms with Gasteiger partial charge in [0.2, 0.25) is 0 Å². The molecule has 4 saturated carbocycles. The van der Waals surface area contributed by atoms with Gasteiger partial charge in [-0.1, -0.05) is 38.3 Å². The van der Waals surface area contributed by atoms with Crippen molar-refractivity contribution in [3.8, 4) is 0 Å². The lowest BCUT2D eigenvalue weighted by Gasteiger charge is -2.60. The molecule has 0 aliphatic heterocycles. The third-order valence-electron chi connectivity index (χ3n) is 11.0. The smallest absolute Gasteiger partial charge is 0.425 e. The van der Waals surface area contributed by atoms with E-state index in [1.165, 1.54) is 50.5 Å². The van der Waals surface area contributed by atoms with Crippen LogP contribution in [0.3, 0.4) is 0 Å². The lowest BCUT2D eigenvalue weighted by atomic mass is 9.44. The normalized spacial score (nSPS) is 43.6. The summed E-state index contributed by atoms with van der Waals surface area (Å²) < 4.78 is 4.96. The molecule has 0 aromatic heterocycles. The van der Waals surface area contributed by atoms with Gasteiger partial charge in [0.15, 0.2) is 0 Å². The highest BCUT2D eigenvalue weighted by atomic mass is 16.5. The molecule has 0 bridgehead atoms. The van der Waals surface area contributed by atoms with Crippen LogP contribution in [0.5, 0.6) is 0 Å². The van der Waals surface area contributed by atoms with Crippen molar-refractivity contribution in [1.82, 2.24) is 10.9 Å². The van der Waals surface area contributed by atoms with Crippen molar-refractivity contribution in [2.24, 2.45) is 39.9 Å². The number of hydrogen-bond donors (Lipinski definition) is 2. The first kappa shape index (κ1) is 23.0. The van der Waals surface area contributed by atoms with E-state index in [0.29, 0.717) is 30.1 Å². The highest BCUT2D eigenvalue weighted by molar-refractivity contribution is 5.84. The maximum Gasteiger partial charge on any atom is 0.425 e. The summed E-state index contributed by atoms with van der Waals surface area (Å²) in [5, 5.41) is 0. The summed E-state index contributed by atoms with van der Waals surface area (Å²) >= 11 is 0. The zero-order valence-electron chi connectivity index (χ0n) is 21.0. The summed E-state index contributed by atoms with van der Waals surface area (Å²) in [5.41, 5.74) is 8.50. The highest BCUT2D eigenvalue weighted by Crippen LogP contribution is 2.74. The van der Waals surface area contributed by atoms with Crippen LogP contribution in [0, 0.1) is 39.9 Å². The second kappa shape index (κ2) is 8.16. The van der Waals surface area contributed by atoms with E-state index in [9.17, 15) is 9.59 Å². The average molecular weight is 455 g/mol. The SMILES string of the molecule is CCOC(=O)NNC1=CCC2(C)C(=C1)CCC1C2CCC2(C)C1CC1CCCCC12C(C)=O. The number of Topliss-reactive ketones (excluding diaryl/α,β-unsaturated/α-hetero) is 1. The zero-order valence-corrected chi connectivity index (χ0v) is 21.0. The van der Waals surface area contributed by atoms with Crippen molar-refractivity contribution in [3.63, 3.8) is 0 Å². The van der Waals surface area contributed by atoms with Crippen LogP contribution in [0.1, 0.15) is 91.9 Å². The molecule has 0 spiro atoms. The van der Waals surface area contributed by atoms with E-state index in [1.807, 2.05) is 6.92 Å². The number of hydrogen-bond acceptors (Lipinski definition) is 4. The number of ketones is 1. The number of fused-ring (bicyclic) bond motifs is 7. The molecule has 5 aliphatic carbocycles. The fourth-order valence-corrected chi connectivity index (χ4v) is 9.59. The van der Waals surface area contributed by atoms with Gasteiger partial charge in [0.05, 0.1) is 12.3 Å². The molecule has 182 valence electrons. The topological polar surface area (TPSA) is 67.4 Å². The molecular formula is C28H42N2O3. The Labute approximate surface area is 199 Å². The van der Waals surface area contributed by atoms with E-state index in [1.54, 1.807) is 6.92 Å². The van der Waals surface area contributed by atoms with E-state index in [4.69, 9.17) is 4.74 Å². The maximum absolute atomic E-state index is 13.2. The molecule has 0 aromatic carbocycles. The van der Waals surface area contributed by atoms with E-state index in [-0.39, 0.29) is 16.2 Å². The quantitative estimate of drug-likeness (QED) is 0.506. The number of nitrogens with one attached hydrogen (secondary N) is 2. The Morgan fingerprint density at radius 2 is 1.94 bits per heavy atom. The minimum absolute atomic E-state index is 0.0553. The Morgan fingerprint density at radius 1 is 1.12 bits per heavy atom. The molecule has 7 atom stereocenters. The number of ether oxygens (including phenoxy) is 1. The summed E-state index contributed by atoms with van der Waals surface area (Å²) in [6, 6.07) is 0. The van der Waals surface area contributed by atoms with Crippen LogP contribution in [0.25, 0.3) is 0 Å². The van der Waals surface area contributed by atoms with Gasteiger partial charge in [-0.25, -0.2) is 10.2 Å². The number of rotatable bonds is 4. The molecule has 1 amide bonds. The number of hydrazine groups is 1. The molecule has 7 unspecified atom stereocenters. The van der Waals surface area contributed by atoms with Crippen molar-refractivity contribution in [3.05, 3.63) is 23.4 Å². The van der Waals surface area contributed by atoms with E-state index < -0.39 is 6.09 Å². The van der Waals surface area contributed by atoms with Gasteiger partial charge in [-0.15, -0.1) is 0 Å². The van der Waals surface area contributed by atoms with Crippen molar-refractivity contribution in [1.29, 1.82) is 0 Å². The minimum atomic E-state index is -0.442. The van der Waals surface area contributed by atoms with E-state index >= 15 is 0 Å². The van der Waals surface area contributed by atoms with Crippen LogP contribution in [-0.2, 0) is 9.53 Å². The van der Waals surface area contributed by atoms with Crippen LogP contribution in [0.15, 0.2) is 23.4 Å². The molecule has 4 fully saturated rings. The Morgan fingerprint density at radius 3 is 2.70 bits per heavy atom. The zero-order chi connectivity index (χ0) is 23.4. The van der Waals surface area contributed by atoms with Crippen molar-refractivity contribution in [2.45, 2.75) is 91.9 Å². The molecule has 5 nitrogen and oxygen atoms in total. The Kier molecular flexibility index (Phi) is 5.69. The van der Waals surface area contributed by atoms with Gasteiger partial charge in [0.1, 0.15) is 5.78 Å². The maximum atomic E-state index is 13.2. The summed E-state index contributed by atoms with van der Waals surface area (Å²) in [6.07, 6.45) is 16.1. The third kappa shape index (κ3) is 3.24. The molecular weight excluding hydrogens is 412 g/mol. The predicted molar refractivity (Wildman–Crippen MR) is 129 cm³/mol. The second-order valence-electron chi connectivity index (χ2n) is 12.0. The standard InChI is InChI=1S/C28H42N2O3/c1-5-33-25(32)30-29-21-11-14-26(3)19(16-21)9-10-22-23(26)12-15-27(4)24(22)17-20-8-6-7-13-28(20,27)18(2)31/h11,16,20,22-24,29H,5-10,12-15,17H2,1-4H3,(H,30,32). The molecule has 33 heavy (non-hydrogen) atoms. The fraction of sp³-hybridized carbons (Fsp3) is 0.786. The van der Waals surface area contributed by atoms with Crippen molar-refractivity contribution >= 4 is 11.9 Å². The lowest BCUT2D eigenvalue weighted by Crippen LogP contribution is -2.55. The van der Waals surface area contributed by atoms with Gasteiger partial charge in [-0.3, -0.25) is 10.2 Å². The Balaban J connectivity index is 1.37. The second-order valence-corrected chi connectivity index (χ2v) is 12.0.